The van der Waals surface area contributed by atoms with Crippen molar-refractivity contribution < 1.29 is 4.79 Å². The predicted octanol–water partition coefficient (Wildman–Crippen LogP) is 2.31. The highest BCUT2D eigenvalue weighted by Gasteiger charge is 2.36. The zero-order chi connectivity index (χ0) is 16.0. The number of anilines is 2. The SMILES string of the molecule is CC(C)(C)C(=O)Nc1nc2c(c(=O)[nH]1)C(C(C)(C)C)CN2. The van der Waals surface area contributed by atoms with E-state index in [1.807, 2.05) is 20.8 Å². The maximum absolute atomic E-state index is 12.3. The lowest BCUT2D eigenvalue weighted by Crippen LogP contribution is -2.30. The van der Waals surface area contributed by atoms with Gasteiger partial charge in [-0.25, -0.2) is 0 Å². The van der Waals surface area contributed by atoms with E-state index in [0.29, 0.717) is 17.9 Å². The van der Waals surface area contributed by atoms with Crippen LogP contribution < -0.4 is 16.2 Å². The Morgan fingerprint density at radius 2 is 1.86 bits per heavy atom. The van der Waals surface area contributed by atoms with E-state index in [0.717, 1.165) is 0 Å². The third-order valence-corrected chi connectivity index (χ3v) is 3.74. The van der Waals surface area contributed by atoms with Gasteiger partial charge in [0.15, 0.2) is 0 Å². The standard InChI is InChI=1S/C15H24N4O2/c1-14(2,3)8-7-16-10-9(8)11(20)18-13(17-10)19-12(21)15(4,5)6/h8H,7H2,1-6H3,(H3,16,17,18,19,20,21). The summed E-state index contributed by atoms with van der Waals surface area (Å²) >= 11 is 0. The number of carbonyl (C=O) groups is 1. The Morgan fingerprint density at radius 3 is 2.38 bits per heavy atom. The van der Waals surface area contributed by atoms with E-state index < -0.39 is 5.41 Å². The number of amides is 1. The molecule has 1 aromatic rings. The fourth-order valence-corrected chi connectivity index (χ4v) is 2.33. The van der Waals surface area contributed by atoms with Gasteiger partial charge in [0.2, 0.25) is 11.9 Å². The van der Waals surface area contributed by atoms with Crippen LogP contribution in [0, 0.1) is 10.8 Å². The first-order valence-electron chi connectivity index (χ1n) is 7.19. The van der Waals surface area contributed by atoms with E-state index >= 15 is 0 Å². The van der Waals surface area contributed by atoms with E-state index in [-0.39, 0.29) is 28.7 Å². The second-order valence-corrected chi connectivity index (χ2v) is 7.68. The molecule has 1 unspecified atom stereocenters. The Morgan fingerprint density at radius 1 is 1.24 bits per heavy atom. The number of H-pyrrole nitrogens is 1. The zero-order valence-corrected chi connectivity index (χ0v) is 13.5. The van der Waals surface area contributed by atoms with E-state index in [9.17, 15) is 9.59 Å². The molecule has 0 saturated heterocycles. The highest BCUT2D eigenvalue weighted by Crippen LogP contribution is 2.40. The van der Waals surface area contributed by atoms with Crippen LogP contribution in [0.2, 0.25) is 0 Å². The Kier molecular flexibility index (Phi) is 3.59. The molecule has 1 aliphatic heterocycles. The highest BCUT2D eigenvalue weighted by molar-refractivity contribution is 5.93. The lowest BCUT2D eigenvalue weighted by Gasteiger charge is -2.25. The number of rotatable bonds is 1. The van der Waals surface area contributed by atoms with Gasteiger partial charge < -0.3 is 5.32 Å². The van der Waals surface area contributed by atoms with Crippen LogP contribution in [0.25, 0.3) is 0 Å². The minimum atomic E-state index is -0.543. The first-order chi connectivity index (χ1) is 9.50. The molecule has 1 atom stereocenters. The summed E-state index contributed by atoms with van der Waals surface area (Å²) in [6, 6.07) is 0. The van der Waals surface area contributed by atoms with Crippen LogP contribution >= 0.6 is 0 Å². The molecular weight excluding hydrogens is 268 g/mol. The fourth-order valence-electron chi connectivity index (χ4n) is 2.33. The molecule has 2 rings (SSSR count). The number of hydrogen-bond donors (Lipinski definition) is 3. The molecule has 0 spiro atoms. The summed E-state index contributed by atoms with van der Waals surface area (Å²) in [7, 11) is 0. The first-order valence-corrected chi connectivity index (χ1v) is 7.19. The van der Waals surface area contributed by atoms with Gasteiger partial charge in [-0.15, -0.1) is 0 Å². The number of aromatic nitrogens is 2. The van der Waals surface area contributed by atoms with Gasteiger partial charge in [-0.1, -0.05) is 41.5 Å². The van der Waals surface area contributed by atoms with E-state index in [1.54, 1.807) is 0 Å². The molecule has 0 radical (unpaired) electrons. The van der Waals surface area contributed by atoms with Crippen molar-refractivity contribution in [2.24, 2.45) is 10.8 Å². The molecule has 1 aliphatic rings. The van der Waals surface area contributed by atoms with Crippen molar-refractivity contribution in [2.75, 3.05) is 17.2 Å². The lowest BCUT2D eigenvalue weighted by atomic mass is 9.78. The molecule has 0 bridgehead atoms. The molecule has 2 heterocycles. The first kappa shape index (κ1) is 15.5. The summed E-state index contributed by atoms with van der Waals surface area (Å²) in [5, 5.41) is 5.83. The van der Waals surface area contributed by atoms with Crippen LogP contribution in [-0.4, -0.2) is 22.4 Å². The number of nitrogens with zero attached hydrogens (tertiary/aromatic N) is 1. The Hall–Kier alpha value is -1.85. The fraction of sp³-hybridized carbons (Fsp3) is 0.667. The normalized spacial score (nSPS) is 18.1. The van der Waals surface area contributed by atoms with Gasteiger partial charge in [0, 0.05) is 17.9 Å². The van der Waals surface area contributed by atoms with Gasteiger partial charge in [-0.2, -0.15) is 4.98 Å². The van der Waals surface area contributed by atoms with Crippen LogP contribution in [0.1, 0.15) is 53.0 Å². The van der Waals surface area contributed by atoms with E-state index in [2.05, 4.69) is 41.4 Å². The summed E-state index contributed by atoms with van der Waals surface area (Å²) in [4.78, 5) is 31.3. The Bertz CT molecular complexity index is 620. The van der Waals surface area contributed by atoms with Gasteiger partial charge in [-0.3, -0.25) is 19.9 Å². The zero-order valence-electron chi connectivity index (χ0n) is 13.5. The van der Waals surface area contributed by atoms with Crippen LogP contribution in [0.5, 0.6) is 0 Å². The van der Waals surface area contributed by atoms with Gasteiger partial charge >= 0.3 is 0 Å². The van der Waals surface area contributed by atoms with Crippen molar-refractivity contribution in [3.05, 3.63) is 15.9 Å². The quantitative estimate of drug-likeness (QED) is 0.741. The minimum absolute atomic E-state index is 0.0247. The second-order valence-electron chi connectivity index (χ2n) is 7.68. The average Bonchev–Trinajstić information content (AvgIpc) is 2.71. The van der Waals surface area contributed by atoms with E-state index in [1.165, 1.54) is 0 Å². The molecule has 1 amide bonds. The van der Waals surface area contributed by atoms with Crippen molar-refractivity contribution in [1.82, 2.24) is 9.97 Å². The van der Waals surface area contributed by atoms with Gasteiger partial charge in [0.1, 0.15) is 5.82 Å². The smallest absolute Gasteiger partial charge is 0.257 e. The topological polar surface area (TPSA) is 86.9 Å². The number of fused-ring (bicyclic) bond motifs is 1. The van der Waals surface area contributed by atoms with Crippen LogP contribution in [0.3, 0.4) is 0 Å². The number of hydrogen-bond acceptors (Lipinski definition) is 4. The average molecular weight is 292 g/mol. The third-order valence-electron chi connectivity index (χ3n) is 3.74. The summed E-state index contributed by atoms with van der Waals surface area (Å²) in [6.07, 6.45) is 0. The largest absolute Gasteiger partial charge is 0.369 e. The third kappa shape index (κ3) is 3.09. The lowest BCUT2D eigenvalue weighted by molar-refractivity contribution is -0.123. The second kappa shape index (κ2) is 4.86. The number of nitrogens with one attached hydrogen (secondary N) is 3. The minimum Gasteiger partial charge on any atom is -0.369 e. The molecular formula is C15H24N4O2. The monoisotopic (exact) mass is 292 g/mol. The highest BCUT2D eigenvalue weighted by atomic mass is 16.2. The maximum atomic E-state index is 12.3. The van der Waals surface area contributed by atoms with Crippen LogP contribution in [-0.2, 0) is 4.79 Å². The summed E-state index contributed by atoms with van der Waals surface area (Å²) in [5.74, 6) is 0.690. The van der Waals surface area contributed by atoms with Gasteiger partial charge in [0.05, 0.1) is 5.56 Å². The maximum Gasteiger partial charge on any atom is 0.257 e. The molecule has 0 aliphatic carbocycles. The number of carbonyl (C=O) groups excluding carboxylic acids is 1. The number of aromatic amines is 1. The van der Waals surface area contributed by atoms with Crippen LogP contribution in [0.15, 0.2) is 4.79 Å². The van der Waals surface area contributed by atoms with Crippen molar-refractivity contribution in [3.8, 4) is 0 Å². The molecule has 21 heavy (non-hydrogen) atoms. The molecule has 0 saturated carbocycles. The van der Waals surface area contributed by atoms with Gasteiger partial charge in [-0.05, 0) is 5.41 Å². The summed E-state index contributed by atoms with van der Waals surface area (Å²) in [5.41, 5.74) is -0.0763. The van der Waals surface area contributed by atoms with Crippen LogP contribution in [0.4, 0.5) is 11.8 Å². The van der Waals surface area contributed by atoms with E-state index in [4.69, 9.17) is 0 Å². The van der Waals surface area contributed by atoms with Crippen molar-refractivity contribution >= 4 is 17.7 Å². The molecule has 0 aromatic carbocycles. The molecule has 3 N–H and O–H groups in total. The molecule has 0 fully saturated rings. The van der Waals surface area contributed by atoms with Crippen molar-refractivity contribution in [2.45, 2.75) is 47.5 Å². The molecule has 6 heteroatoms. The molecule has 116 valence electrons. The molecule has 6 nitrogen and oxygen atoms in total. The predicted molar refractivity (Wildman–Crippen MR) is 83.6 cm³/mol. The van der Waals surface area contributed by atoms with Gasteiger partial charge in [0.25, 0.3) is 5.56 Å². The molecule has 1 aromatic heterocycles. The van der Waals surface area contributed by atoms with Crippen molar-refractivity contribution in [3.63, 3.8) is 0 Å². The summed E-state index contributed by atoms with van der Waals surface area (Å²) < 4.78 is 0. The van der Waals surface area contributed by atoms with Crippen molar-refractivity contribution in [1.29, 1.82) is 0 Å². The summed E-state index contributed by atoms with van der Waals surface area (Å²) in [6.45, 7) is 12.4. The Balaban J connectivity index is 2.35. The Labute approximate surface area is 124 Å².